The highest BCUT2D eigenvalue weighted by molar-refractivity contribution is 6.35. The molecule has 0 saturated carbocycles. The number of hydrogen-bond acceptors (Lipinski definition) is 2. The fourth-order valence-corrected chi connectivity index (χ4v) is 4.74. The largest absolute Gasteiger partial charge is 0.478 e. The Morgan fingerprint density at radius 1 is 1.10 bits per heavy atom. The van der Waals surface area contributed by atoms with Crippen LogP contribution in [0.5, 0.6) is 0 Å². The summed E-state index contributed by atoms with van der Waals surface area (Å²) >= 11 is 6.24. The molecule has 5 heteroatoms. The number of carboxylic acids is 1. The van der Waals surface area contributed by atoms with Gasteiger partial charge in [-0.25, -0.2) is 4.79 Å². The molecule has 3 aromatic rings. The molecule has 1 aliphatic heterocycles. The lowest BCUT2D eigenvalue weighted by Crippen LogP contribution is -2.33. The summed E-state index contributed by atoms with van der Waals surface area (Å²) in [4.78, 5) is 17.3. The summed E-state index contributed by atoms with van der Waals surface area (Å²) < 4.78 is 0. The normalized spacial score (nSPS) is 15.8. The zero-order valence-corrected chi connectivity index (χ0v) is 17.3. The molecule has 2 aromatic carbocycles. The van der Waals surface area contributed by atoms with Crippen molar-refractivity contribution in [3.8, 4) is 0 Å². The average Bonchev–Trinajstić information content (AvgIpc) is 3.17. The number of fused-ring (bicyclic) bond motifs is 1. The standard InChI is InChI=1S/C24H27ClN2O2/c25-21-10-9-20(24(28)29)22-19(16-26-23(21)22)8-4-5-13-27-14-11-18(12-15-27)17-6-2-1-3-7-17/h1-3,6-7,9-10,16,18,26H,4-5,8,11-15H2,(H,28,29). The number of aryl methyl sites for hydroxylation is 1. The summed E-state index contributed by atoms with van der Waals surface area (Å²) in [5.74, 6) is -0.216. The molecule has 1 saturated heterocycles. The number of H-pyrrole nitrogens is 1. The Morgan fingerprint density at radius 2 is 1.86 bits per heavy atom. The monoisotopic (exact) mass is 410 g/mol. The van der Waals surface area contributed by atoms with Crippen molar-refractivity contribution in [3.63, 3.8) is 0 Å². The van der Waals surface area contributed by atoms with Gasteiger partial charge < -0.3 is 15.0 Å². The quantitative estimate of drug-likeness (QED) is 0.489. The van der Waals surface area contributed by atoms with Crippen LogP contribution in [0.1, 0.15) is 53.1 Å². The maximum Gasteiger partial charge on any atom is 0.336 e. The highest BCUT2D eigenvalue weighted by Gasteiger charge is 2.20. The average molecular weight is 411 g/mol. The molecule has 0 unspecified atom stereocenters. The molecular weight excluding hydrogens is 384 g/mol. The second kappa shape index (κ2) is 9.02. The lowest BCUT2D eigenvalue weighted by atomic mass is 9.89. The molecule has 2 heterocycles. The summed E-state index contributed by atoms with van der Waals surface area (Å²) in [6.07, 6.45) is 7.39. The topological polar surface area (TPSA) is 56.3 Å². The third-order valence-corrected chi connectivity index (χ3v) is 6.44. The van der Waals surface area contributed by atoms with Crippen LogP contribution in [-0.2, 0) is 6.42 Å². The van der Waals surface area contributed by atoms with E-state index in [4.69, 9.17) is 11.6 Å². The van der Waals surface area contributed by atoms with Crippen molar-refractivity contribution in [1.29, 1.82) is 0 Å². The van der Waals surface area contributed by atoms with Gasteiger partial charge in [-0.15, -0.1) is 0 Å². The van der Waals surface area contributed by atoms with Gasteiger partial charge >= 0.3 is 5.97 Å². The van der Waals surface area contributed by atoms with Crippen LogP contribution in [0.2, 0.25) is 5.02 Å². The van der Waals surface area contributed by atoms with E-state index in [0.717, 1.165) is 55.4 Å². The van der Waals surface area contributed by atoms with Crippen molar-refractivity contribution >= 4 is 28.5 Å². The minimum absolute atomic E-state index is 0.323. The molecule has 0 aliphatic carbocycles. The number of hydrogen-bond donors (Lipinski definition) is 2. The van der Waals surface area contributed by atoms with Gasteiger partial charge in [0.1, 0.15) is 0 Å². The third kappa shape index (κ3) is 4.49. The summed E-state index contributed by atoms with van der Waals surface area (Å²) in [5.41, 5.74) is 3.57. The number of nitrogens with zero attached hydrogens (tertiary/aromatic N) is 1. The van der Waals surface area contributed by atoms with Gasteiger partial charge in [-0.2, -0.15) is 0 Å². The number of nitrogens with one attached hydrogen (secondary N) is 1. The van der Waals surface area contributed by atoms with Gasteiger partial charge in [0, 0.05) is 11.6 Å². The first-order valence-corrected chi connectivity index (χ1v) is 10.8. The number of carboxylic acid groups (broad SMARTS) is 1. The lowest BCUT2D eigenvalue weighted by Gasteiger charge is -2.32. The molecule has 1 fully saturated rings. The van der Waals surface area contributed by atoms with Gasteiger partial charge in [0.25, 0.3) is 0 Å². The van der Waals surface area contributed by atoms with Crippen LogP contribution >= 0.6 is 11.6 Å². The number of halogens is 1. The number of aromatic carboxylic acids is 1. The van der Waals surface area contributed by atoms with E-state index in [9.17, 15) is 9.90 Å². The zero-order valence-electron chi connectivity index (χ0n) is 16.5. The smallest absolute Gasteiger partial charge is 0.336 e. The SMILES string of the molecule is O=C(O)c1ccc(Cl)c2[nH]cc(CCCCN3CCC(c4ccccc4)CC3)c12. The van der Waals surface area contributed by atoms with Crippen LogP contribution in [0, 0.1) is 0 Å². The summed E-state index contributed by atoms with van der Waals surface area (Å²) in [7, 11) is 0. The molecular formula is C24H27ClN2O2. The Balaban J connectivity index is 1.28. The number of aromatic nitrogens is 1. The van der Waals surface area contributed by atoms with Crippen molar-refractivity contribution in [3.05, 3.63) is 70.4 Å². The molecule has 1 aromatic heterocycles. The first-order chi connectivity index (χ1) is 14.1. The fourth-order valence-electron chi connectivity index (χ4n) is 4.52. The number of piperidine rings is 1. The van der Waals surface area contributed by atoms with Crippen molar-refractivity contribution in [2.24, 2.45) is 0 Å². The molecule has 4 rings (SSSR count). The number of benzene rings is 2. The predicted molar refractivity (Wildman–Crippen MR) is 118 cm³/mol. The molecule has 0 spiro atoms. The molecule has 0 radical (unpaired) electrons. The van der Waals surface area contributed by atoms with Gasteiger partial charge in [0.15, 0.2) is 0 Å². The molecule has 0 bridgehead atoms. The summed E-state index contributed by atoms with van der Waals surface area (Å²) in [6.45, 7) is 3.42. The van der Waals surface area contributed by atoms with Crippen molar-refractivity contribution in [2.45, 2.75) is 38.0 Å². The Kier molecular flexibility index (Phi) is 6.22. The third-order valence-electron chi connectivity index (χ3n) is 6.13. The number of carbonyl (C=O) groups is 1. The van der Waals surface area contributed by atoms with E-state index in [1.807, 2.05) is 6.20 Å². The van der Waals surface area contributed by atoms with Gasteiger partial charge in [-0.3, -0.25) is 0 Å². The lowest BCUT2D eigenvalue weighted by molar-refractivity contribution is 0.0699. The Hall–Kier alpha value is -2.30. The maximum atomic E-state index is 11.6. The van der Waals surface area contributed by atoms with Gasteiger partial charge in [-0.1, -0.05) is 41.9 Å². The Labute approximate surface area is 176 Å². The van der Waals surface area contributed by atoms with Crippen LogP contribution in [0.15, 0.2) is 48.7 Å². The molecule has 0 amide bonds. The first kappa shape index (κ1) is 20.0. The van der Waals surface area contributed by atoms with Gasteiger partial charge in [-0.05, 0) is 80.9 Å². The fraction of sp³-hybridized carbons (Fsp3) is 0.375. The number of likely N-dealkylation sites (tertiary alicyclic amines) is 1. The number of unbranched alkanes of at least 4 members (excludes halogenated alkanes) is 1. The first-order valence-electron chi connectivity index (χ1n) is 10.4. The van der Waals surface area contributed by atoms with Crippen LogP contribution in [0.3, 0.4) is 0 Å². The van der Waals surface area contributed by atoms with Crippen molar-refractivity contribution < 1.29 is 9.90 Å². The zero-order chi connectivity index (χ0) is 20.2. The predicted octanol–water partition coefficient (Wildman–Crippen LogP) is 5.72. The number of rotatable bonds is 7. The van der Waals surface area contributed by atoms with Gasteiger partial charge in [0.2, 0.25) is 0 Å². The highest BCUT2D eigenvalue weighted by Crippen LogP contribution is 2.30. The summed E-state index contributed by atoms with van der Waals surface area (Å²) in [5, 5.41) is 10.8. The molecule has 0 atom stereocenters. The second-order valence-corrected chi connectivity index (χ2v) is 8.35. The molecule has 4 nitrogen and oxygen atoms in total. The molecule has 1 aliphatic rings. The van der Waals surface area contributed by atoms with E-state index in [1.54, 1.807) is 12.1 Å². The van der Waals surface area contributed by atoms with E-state index in [-0.39, 0.29) is 0 Å². The molecule has 152 valence electrons. The molecule has 2 N–H and O–H groups in total. The molecule has 29 heavy (non-hydrogen) atoms. The van der Waals surface area contributed by atoms with Gasteiger partial charge in [0.05, 0.1) is 16.1 Å². The Bertz CT molecular complexity index is 975. The van der Waals surface area contributed by atoms with Crippen LogP contribution in [0.25, 0.3) is 10.9 Å². The minimum Gasteiger partial charge on any atom is -0.478 e. The van der Waals surface area contributed by atoms with Crippen LogP contribution in [-0.4, -0.2) is 40.6 Å². The van der Waals surface area contributed by atoms with E-state index in [0.29, 0.717) is 16.5 Å². The van der Waals surface area contributed by atoms with Crippen LogP contribution < -0.4 is 0 Å². The Morgan fingerprint density at radius 3 is 2.59 bits per heavy atom. The van der Waals surface area contributed by atoms with Crippen molar-refractivity contribution in [2.75, 3.05) is 19.6 Å². The minimum atomic E-state index is -0.909. The van der Waals surface area contributed by atoms with E-state index in [2.05, 4.69) is 40.2 Å². The summed E-state index contributed by atoms with van der Waals surface area (Å²) in [6, 6.07) is 14.1. The maximum absolute atomic E-state index is 11.6. The van der Waals surface area contributed by atoms with E-state index in [1.165, 1.54) is 18.4 Å². The highest BCUT2D eigenvalue weighted by atomic mass is 35.5. The van der Waals surface area contributed by atoms with Crippen LogP contribution in [0.4, 0.5) is 0 Å². The number of aromatic amines is 1. The van der Waals surface area contributed by atoms with E-state index >= 15 is 0 Å². The second-order valence-electron chi connectivity index (χ2n) is 7.95. The van der Waals surface area contributed by atoms with Crippen molar-refractivity contribution in [1.82, 2.24) is 9.88 Å². The van der Waals surface area contributed by atoms with E-state index < -0.39 is 5.97 Å².